The monoisotopic (exact) mass is 918 g/mol. The molecular formula is C54H62N8O6. The van der Waals surface area contributed by atoms with Crippen LogP contribution in [0, 0.1) is 11.3 Å². The smallest absolute Gasteiger partial charge is 0.433 e. The molecule has 4 fully saturated rings. The number of carbonyl (C=O) groups is 4. The molecule has 2 bridgehead atoms. The summed E-state index contributed by atoms with van der Waals surface area (Å²) in [5.41, 5.74) is 15.8. The van der Waals surface area contributed by atoms with Crippen LogP contribution in [0.25, 0.3) is 44.5 Å². The molecular weight excluding hydrogens is 857 g/mol. The van der Waals surface area contributed by atoms with Crippen LogP contribution in [0.15, 0.2) is 53.7 Å². The zero-order valence-electron chi connectivity index (χ0n) is 39.7. The van der Waals surface area contributed by atoms with Crippen LogP contribution in [0.3, 0.4) is 0 Å². The van der Waals surface area contributed by atoms with Gasteiger partial charge in [-0.25, -0.2) is 19.6 Å². The zero-order chi connectivity index (χ0) is 46.8. The molecule has 3 aromatic carbocycles. The van der Waals surface area contributed by atoms with Crippen LogP contribution in [0.4, 0.5) is 9.59 Å². The summed E-state index contributed by atoms with van der Waals surface area (Å²) in [5, 5.41) is 2.68. The highest BCUT2D eigenvalue weighted by atomic mass is 16.5. The number of nitrogens with one attached hydrogen (secondary N) is 3. The number of benzene rings is 3. The number of aromatic nitrogens is 4. The highest BCUT2D eigenvalue weighted by Crippen LogP contribution is 2.58. The summed E-state index contributed by atoms with van der Waals surface area (Å²) < 4.78 is 9.40. The number of amides is 4. The van der Waals surface area contributed by atoms with Gasteiger partial charge in [0.05, 0.1) is 55.1 Å². The van der Waals surface area contributed by atoms with Crippen molar-refractivity contribution in [2.24, 2.45) is 16.3 Å². The number of hydrogen-bond acceptors (Lipinski definition) is 8. The molecule has 0 unspecified atom stereocenters. The van der Waals surface area contributed by atoms with Crippen molar-refractivity contribution in [1.29, 1.82) is 0 Å². The molecule has 14 nitrogen and oxygen atoms in total. The van der Waals surface area contributed by atoms with Crippen molar-refractivity contribution in [3.05, 3.63) is 82.6 Å². The summed E-state index contributed by atoms with van der Waals surface area (Å²) in [5.74, 6) is 1.95. The quantitative estimate of drug-likeness (QED) is 0.122. The molecule has 354 valence electrons. The Morgan fingerprint density at radius 2 is 1.43 bits per heavy atom. The van der Waals surface area contributed by atoms with Crippen LogP contribution in [0.5, 0.6) is 0 Å². The molecule has 2 aliphatic heterocycles. The number of hydrogen-bond donors (Lipinski definition) is 3. The average Bonchev–Trinajstić information content (AvgIpc) is 4.24. The van der Waals surface area contributed by atoms with Crippen molar-refractivity contribution >= 4 is 40.7 Å². The lowest BCUT2D eigenvalue weighted by Gasteiger charge is -2.41. The second kappa shape index (κ2) is 17.6. The number of carbonyl (C=O) groups excluding carboxylic acids is 4. The predicted octanol–water partition coefficient (Wildman–Crippen LogP) is 10.2. The van der Waals surface area contributed by atoms with Gasteiger partial charge in [0.2, 0.25) is 5.91 Å². The Hall–Kier alpha value is -6.31. The maximum Gasteiger partial charge on any atom is 0.433 e. The van der Waals surface area contributed by atoms with Gasteiger partial charge in [0, 0.05) is 25.2 Å². The molecule has 68 heavy (non-hydrogen) atoms. The average molecular weight is 919 g/mol. The van der Waals surface area contributed by atoms with Gasteiger partial charge in [-0.05, 0) is 158 Å². The third-order valence-corrected chi connectivity index (χ3v) is 16.6. The van der Waals surface area contributed by atoms with Crippen molar-refractivity contribution in [1.82, 2.24) is 35.1 Å². The SMILES string of the molecule is COC(=O)N=C(C)C(=O)N1CCC[C@H]1c1nc2ccc(-c3ccc(-c4ccc(-c5cnc([C@H]6CCCN6C(=O)[C@H](C)CNC(=O)OC)[nH]5)c5c4CC4(CCCC4)C5)c4c3C3CCC4CC3)cc2[nH]1. The molecule has 5 aliphatic carbocycles. The summed E-state index contributed by atoms with van der Waals surface area (Å²) in [6.45, 7) is 4.86. The van der Waals surface area contributed by atoms with Crippen molar-refractivity contribution in [2.75, 3.05) is 33.9 Å². The second-order valence-corrected chi connectivity index (χ2v) is 20.5. The van der Waals surface area contributed by atoms with E-state index in [2.05, 4.69) is 67.5 Å². The summed E-state index contributed by atoms with van der Waals surface area (Å²) in [6, 6.07) is 15.8. The first-order valence-electron chi connectivity index (χ1n) is 25.0. The number of nitrogens with zero attached hydrogens (tertiary/aromatic N) is 5. The lowest BCUT2D eigenvalue weighted by Crippen LogP contribution is -2.40. The molecule has 2 saturated carbocycles. The van der Waals surface area contributed by atoms with Gasteiger partial charge in [-0.1, -0.05) is 50.1 Å². The topological polar surface area (TPSA) is 175 Å². The molecule has 7 aliphatic rings. The number of rotatable bonds is 9. The summed E-state index contributed by atoms with van der Waals surface area (Å²) in [7, 11) is 2.58. The van der Waals surface area contributed by atoms with Gasteiger partial charge >= 0.3 is 12.2 Å². The van der Waals surface area contributed by atoms with Gasteiger partial charge in [0.25, 0.3) is 5.91 Å². The van der Waals surface area contributed by atoms with E-state index in [1.165, 1.54) is 110 Å². The number of fused-ring (bicyclic) bond motifs is 4. The van der Waals surface area contributed by atoms with Gasteiger partial charge in [0.15, 0.2) is 0 Å². The first-order chi connectivity index (χ1) is 33.0. The fraction of sp³-hybridized carbons (Fsp3) is 0.500. The number of likely N-dealkylation sites (tertiary alicyclic amines) is 2. The fourth-order valence-electron chi connectivity index (χ4n) is 13.3. The van der Waals surface area contributed by atoms with Crippen LogP contribution in [0.2, 0.25) is 0 Å². The van der Waals surface area contributed by atoms with Gasteiger partial charge in [-0.15, -0.1) is 0 Å². The molecule has 5 aromatic rings. The third kappa shape index (κ3) is 7.67. The lowest BCUT2D eigenvalue weighted by atomic mass is 9.63. The predicted molar refractivity (Wildman–Crippen MR) is 259 cm³/mol. The highest BCUT2D eigenvalue weighted by molar-refractivity contribution is 6.39. The Labute approximate surface area is 397 Å². The van der Waals surface area contributed by atoms with E-state index in [9.17, 15) is 19.2 Å². The molecule has 12 rings (SSSR count). The molecule has 1 spiro atoms. The molecule has 14 heteroatoms. The number of methoxy groups -OCH3 is 2. The lowest BCUT2D eigenvalue weighted by molar-refractivity contribution is -0.136. The van der Waals surface area contributed by atoms with Crippen molar-refractivity contribution < 1.29 is 28.7 Å². The van der Waals surface area contributed by atoms with E-state index in [1.54, 1.807) is 17.4 Å². The van der Waals surface area contributed by atoms with Gasteiger partial charge < -0.3 is 34.6 Å². The minimum Gasteiger partial charge on any atom is -0.453 e. The summed E-state index contributed by atoms with van der Waals surface area (Å²) in [6.07, 6.45) is 16.1. The Balaban J connectivity index is 0.924. The minimum atomic E-state index is -0.783. The summed E-state index contributed by atoms with van der Waals surface area (Å²) in [4.78, 5) is 75.5. The van der Waals surface area contributed by atoms with Crippen molar-refractivity contribution in [2.45, 2.75) is 128 Å². The standard InChI is InChI=1S/C54H62N8O6/c1-30(28-56-52(65)67-3)50(63)61-23-7-9-44(61)48-55-29-43(60-48)37-18-17-36(39-26-54(27-40(37)39)21-5-6-22-54)38-19-16-35(46-32-11-13-33(14-12-32)47(38)46)34-15-20-41-42(25-34)59-49(58-41)45-10-8-24-62(45)51(64)31(2)57-53(66)68-4/h15-20,25,29-30,32-33,44-45H,5-14,21-24,26-28H2,1-4H3,(H,55,60)(H,56,65)(H,58,59)/t30-,32?,33?,44-,45+/m1/s1. The number of ether oxygens (including phenoxy) is 2. The van der Waals surface area contributed by atoms with E-state index in [-0.39, 0.29) is 47.5 Å². The number of imidazole rings is 2. The normalized spacial score (nSPS) is 23.0. The number of H-pyrrole nitrogens is 2. The van der Waals surface area contributed by atoms with Crippen LogP contribution in [-0.2, 0) is 31.9 Å². The molecule has 0 radical (unpaired) electrons. The third-order valence-electron chi connectivity index (χ3n) is 16.6. The molecule has 4 amide bonds. The Morgan fingerprint density at radius 1 is 0.779 bits per heavy atom. The first kappa shape index (κ1) is 44.2. The Morgan fingerprint density at radius 3 is 2.15 bits per heavy atom. The van der Waals surface area contributed by atoms with Crippen LogP contribution < -0.4 is 5.32 Å². The summed E-state index contributed by atoms with van der Waals surface area (Å²) >= 11 is 0. The first-order valence-corrected chi connectivity index (χ1v) is 25.0. The largest absolute Gasteiger partial charge is 0.453 e. The fourth-order valence-corrected chi connectivity index (χ4v) is 13.3. The molecule has 3 atom stereocenters. The molecule has 2 saturated heterocycles. The highest BCUT2D eigenvalue weighted by Gasteiger charge is 2.44. The molecule has 2 aromatic heterocycles. The number of alkyl carbamates (subject to hydrolysis) is 1. The van der Waals surface area contributed by atoms with Crippen molar-refractivity contribution in [3.8, 4) is 33.5 Å². The minimum absolute atomic E-state index is 0.0106. The molecule has 4 heterocycles. The maximum atomic E-state index is 13.7. The van der Waals surface area contributed by atoms with Gasteiger partial charge in [0.1, 0.15) is 17.4 Å². The van der Waals surface area contributed by atoms with E-state index in [1.807, 2.05) is 18.0 Å². The van der Waals surface area contributed by atoms with Crippen molar-refractivity contribution in [3.63, 3.8) is 0 Å². The Kier molecular flexibility index (Phi) is 11.5. The van der Waals surface area contributed by atoms with E-state index >= 15 is 0 Å². The van der Waals surface area contributed by atoms with Gasteiger partial charge in [-0.2, -0.15) is 4.99 Å². The number of aliphatic imine (C=N–C) groups is 1. The second-order valence-electron chi connectivity index (χ2n) is 20.5. The van der Waals surface area contributed by atoms with Crippen LogP contribution >= 0.6 is 0 Å². The van der Waals surface area contributed by atoms with E-state index in [4.69, 9.17) is 14.7 Å². The molecule has 3 N–H and O–H groups in total. The number of aromatic amines is 2. The van der Waals surface area contributed by atoms with E-state index in [0.717, 1.165) is 66.9 Å². The Bertz CT molecular complexity index is 2860. The van der Waals surface area contributed by atoms with Gasteiger partial charge in [-0.3, -0.25) is 9.59 Å². The maximum absolute atomic E-state index is 13.7. The van der Waals surface area contributed by atoms with E-state index < -0.39 is 12.2 Å². The zero-order valence-corrected chi connectivity index (χ0v) is 39.7. The van der Waals surface area contributed by atoms with Crippen LogP contribution in [0.1, 0.15) is 149 Å². The van der Waals surface area contributed by atoms with E-state index in [0.29, 0.717) is 24.9 Å². The van der Waals surface area contributed by atoms with Crippen LogP contribution in [-0.4, -0.2) is 93.3 Å².